The number of benzene rings is 1. The van der Waals surface area contributed by atoms with Crippen LogP contribution in [0.15, 0.2) is 12.1 Å². The number of nitrogens with zero attached hydrogens (tertiary/aromatic N) is 1. The van der Waals surface area contributed by atoms with E-state index < -0.39 is 33.6 Å². The monoisotopic (exact) mass is 283 g/mol. The molecular formula is C12H14FN3O4. The van der Waals surface area contributed by atoms with Crippen molar-refractivity contribution in [2.45, 2.75) is 25.5 Å². The zero-order valence-corrected chi connectivity index (χ0v) is 10.8. The Labute approximate surface area is 114 Å². The molecule has 0 saturated carbocycles. The molecule has 1 saturated heterocycles. The zero-order chi connectivity index (χ0) is 14.9. The highest BCUT2D eigenvalue weighted by atomic mass is 19.1. The first-order chi connectivity index (χ1) is 9.41. The summed E-state index contributed by atoms with van der Waals surface area (Å²) in [6.45, 7) is 2.28. The van der Waals surface area contributed by atoms with Crippen molar-refractivity contribution < 1.29 is 18.8 Å². The number of hydrogen-bond donors (Lipinski definition) is 2. The lowest BCUT2D eigenvalue weighted by atomic mass is 10.1. The molecule has 3 N–H and O–H groups in total. The molecule has 0 spiro atoms. The van der Waals surface area contributed by atoms with Crippen LogP contribution in [0.3, 0.4) is 0 Å². The summed E-state index contributed by atoms with van der Waals surface area (Å²) in [5.74, 6) is -1.66. The van der Waals surface area contributed by atoms with Crippen molar-refractivity contribution >= 4 is 17.3 Å². The summed E-state index contributed by atoms with van der Waals surface area (Å²) in [7, 11) is 0. The average Bonchev–Trinajstić information content (AvgIpc) is 2.74. The van der Waals surface area contributed by atoms with Gasteiger partial charge in [0.15, 0.2) is 0 Å². The second-order valence-corrected chi connectivity index (χ2v) is 4.56. The summed E-state index contributed by atoms with van der Waals surface area (Å²) in [6, 6.07) is 1.53. The predicted molar refractivity (Wildman–Crippen MR) is 68.8 cm³/mol. The predicted octanol–water partition coefficient (Wildman–Crippen LogP) is 1.22. The second kappa shape index (κ2) is 5.41. The molecule has 1 aromatic rings. The summed E-state index contributed by atoms with van der Waals surface area (Å²) in [6.07, 6.45) is 0.408. The van der Waals surface area contributed by atoms with E-state index in [1.807, 2.05) is 0 Å². The summed E-state index contributed by atoms with van der Waals surface area (Å²) >= 11 is 0. The Morgan fingerprint density at radius 1 is 1.60 bits per heavy atom. The molecular weight excluding hydrogens is 269 g/mol. The van der Waals surface area contributed by atoms with Crippen LogP contribution in [0.4, 0.5) is 15.8 Å². The molecule has 1 aliphatic heterocycles. The maximum absolute atomic E-state index is 13.7. The van der Waals surface area contributed by atoms with Crippen molar-refractivity contribution in [1.29, 1.82) is 0 Å². The van der Waals surface area contributed by atoms with E-state index in [1.54, 1.807) is 6.92 Å². The highest BCUT2D eigenvalue weighted by molar-refractivity contribution is 6.01. The van der Waals surface area contributed by atoms with Gasteiger partial charge in [0.2, 0.25) is 0 Å². The van der Waals surface area contributed by atoms with E-state index >= 15 is 0 Å². The number of rotatable bonds is 3. The number of hydrogen-bond acceptors (Lipinski definition) is 5. The highest BCUT2D eigenvalue weighted by Gasteiger charge is 2.29. The molecule has 1 fully saturated rings. The van der Waals surface area contributed by atoms with Gasteiger partial charge < -0.3 is 15.8 Å². The molecule has 7 nitrogen and oxygen atoms in total. The minimum Gasteiger partial charge on any atom is -0.392 e. The van der Waals surface area contributed by atoms with E-state index in [0.29, 0.717) is 13.0 Å². The molecule has 1 aliphatic rings. The van der Waals surface area contributed by atoms with Gasteiger partial charge in [0, 0.05) is 12.7 Å². The van der Waals surface area contributed by atoms with Crippen LogP contribution in [0.25, 0.3) is 0 Å². The molecule has 1 amide bonds. The van der Waals surface area contributed by atoms with Gasteiger partial charge >= 0.3 is 0 Å². The lowest BCUT2D eigenvalue weighted by Crippen LogP contribution is -2.39. The van der Waals surface area contributed by atoms with Crippen LogP contribution in [0, 0.1) is 15.9 Å². The maximum Gasteiger partial charge on any atom is 0.293 e. The van der Waals surface area contributed by atoms with E-state index in [-0.39, 0.29) is 12.1 Å². The normalized spacial score (nSPS) is 21.7. The van der Waals surface area contributed by atoms with Crippen LogP contribution in [0.5, 0.6) is 0 Å². The number of carbonyl (C=O) groups excluding carboxylic acids is 1. The first kappa shape index (κ1) is 14.2. The Hall–Kier alpha value is -2.22. The molecule has 2 atom stereocenters. The fourth-order valence-corrected chi connectivity index (χ4v) is 2.13. The van der Waals surface area contributed by atoms with Gasteiger partial charge in [-0.25, -0.2) is 4.39 Å². The number of nitrogens with one attached hydrogen (secondary N) is 1. The summed E-state index contributed by atoms with van der Waals surface area (Å²) < 4.78 is 19.0. The Bertz CT molecular complexity index is 564. The average molecular weight is 283 g/mol. The van der Waals surface area contributed by atoms with Gasteiger partial charge in [0.05, 0.1) is 17.1 Å². The maximum atomic E-state index is 13.7. The number of amides is 1. The molecule has 1 heterocycles. The number of halogens is 1. The van der Waals surface area contributed by atoms with E-state index in [4.69, 9.17) is 10.5 Å². The van der Waals surface area contributed by atoms with Crippen molar-refractivity contribution in [3.8, 4) is 0 Å². The van der Waals surface area contributed by atoms with Gasteiger partial charge in [-0.3, -0.25) is 14.9 Å². The summed E-state index contributed by atoms with van der Waals surface area (Å²) in [5, 5.41) is 13.3. The van der Waals surface area contributed by atoms with Gasteiger partial charge in [-0.2, -0.15) is 0 Å². The van der Waals surface area contributed by atoms with Crippen LogP contribution in [0.1, 0.15) is 23.7 Å². The number of nitrogen functional groups attached to an aromatic ring is 1. The first-order valence-corrected chi connectivity index (χ1v) is 6.06. The van der Waals surface area contributed by atoms with E-state index in [9.17, 15) is 19.3 Å². The van der Waals surface area contributed by atoms with Crippen LogP contribution in [-0.4, -0.2) is 29.6 Å². The first-order valence-electron chi connectivity index (χ1n) is 6.06. The van der Waals surface area contributed by atoms with Crippen molar-refractivity contribution in [3.05, 3.63) is 33.6 Å². The molecule has 108 valence electrons. The minimum atomic E-state index is -0.892. The van der Waals surface area contributed by atoms with Gasteiger partial charge in [-0.05, 0) is 19.4 Å². The SMILES string of the molecule is CC1OCCC1NC(=O)c1c(F)ccc([N+](=O)[O-])c1N. The fourth-order valence-electron chi connectivity index (χ4n) is 2.13. The highest BCUT2D eigenvalue weighted by Crippen LogP contribution is 2.27. The number of nitro benzene ring substituents is 1. The van der Waals surface area contributed by atoms with E-state index in [1.165, 1.54) is 0 Å². The van der Waals surface area contributed by atoms with Gasteiger partial charge in [-0.15, -0.1) is 0 Å². The molecule has 1 aromatic carbocycles. The third-order valence-electron chi connectivity index (χ3n) is 3.29. The Morgan fingerprint density at radius 2 is 2.30 bits per heavy atom. The third-order valence-corrected chi connectivity index (χ3v) is 3.29. The van der Waals surface area contributed by atoms with Crippen molar-refractivity contribution in [2.24, 2.45) is 0 Å². The quantitative estimate of drug-likeness (QED) is 0.492. The zero-order valence-electron chi connectivity index (χ0n) is 10.8. The van der Waals surface area contributed by atoms with Crippen LogP contribution in [0.2, 0.25) is 0 Å². The van der Waals surface area contributed by atoms with E-state index in [2.05, 4.69) is 5.32 Å². The smallest absolute Gasteiger partial charge is 0.293 e. The van der Waals surface area contributed by atoms with E-state index in [0.717, 1.165) is 12.1 Å². The largest absolute Gasteiger partial charge is 0.392 e. The summed E-state index contributed by atoms with van der Waals surface area (Å²) in [4.78, 5) is 22.1. The van der Waals surface area contributed by atoms with Crippen LogP contribution in [-0.2, 0) is 4.74 Å². The van der Waals surface area contributed by atoms with Gasteiger partial charge in [0.25, 0.3) is 11.6 Å². The number of carbonyl (C=O) groups is 1. The number of ether oxygens (including phenoxy) is 1. The van der Waals surface area contributed by atoms with Crippen molar-refractivity contribution in [1.82, 2.24) is 5.32 Å². The van der Waals surface area contributed by atoms with Crippen LogP contribution < -0.4 is 11.1 Å². The topological polar surface area (TPSA) is 107 Å². The summed E-state index contributed by atoms with van der Waals surface area (Å²) in [5.41, 5.74) is 4.05. The number of nitro groups is 1. The number of nitrogens with two attached hydrogens (primary N) is 1. The second-order valence-electron chi connectivity index (χ2n) is 4.56. The fraction of sp³-hybridized carbons (Fsp3) is 0.417. The molecule has 20 heavy (non-hydrogen) atoms. The Morgan fingerprint density at radius 3 is 2.85 bits per heavy atom. The van der Waals surface area contributed by atoms with Crippen LogP contribution >= 0.6 is 0 Å². The molecule has 2 unspecified atom stereocenters. The molecule has 0 radical (unpaired) electrons. The van der Waals surface area contributed by atoms with Gasteiger partial charge in [0.1, 0.15) is 17.1 Å². The molecule has 0 aliphatic carbocycles. The van der Waals surface area contributed by atoms with Crippen molar-refractivity contribution in [3.63, 3.8) is 0 Å². The standard InChI is InChI=1S/C12H14FN3O4/c1-6-8(4-5-20-6)15-12(17)10-7(13)2-3-9(11(10)14)16(18)19/h2-3,6,8H,4-5,14H2,1H3,(H,15,17). The minimum absolute atomic E-state index is 0.193. The lowest BCUT2D eigenvalue weighted by Gasteiger charge is -2.16. The molecule has 2 rings (SSSR count). The molecule has 0 aromatic heterocycles. The van der Waals surface area contributed by atoms with Crippen molar-refractivity contribution in [2.75, 3.05) is 12.3 Å². The molecule has 0 bridgehead atoms. The number of anilines is 1. The lowest BCUT2D eigenvalue weighted by molar-refractivity contribution is -0.384. The third kappa shape index (κ3) is 2.55. The Balaban J connectivity index is 2.29. The molecule has 8 heteroatoms. The Kier molecular flexibility index (Phi) is 3.84. The van der Waals surface area contributed by atoms with Gasteiger partial charge in [-0.1, -0.05) is 0 Å².